The molecule has 0 heterocycles. The van der Waals surface area contributed by atoms with Crippen LogP contribution in [0.15, 0.2) is 30.3 Å². The van der Waals surface area contributed by atoms with E-state index in [1.54, 1.807) is 0 Å². The molecule has 2 aliphatic carbocycles. The molecule has 84 valence electrons. The number of carbonyl (C=O) groups is 1. The molecule has 2 nitrogen and oxygen atoms in total. The van der Waals surface area contributed by atoms with Gasteiger partial charge >= 0.3 is 5.97 Å². The van der Waals surface area contributed by atoms with Crippen molar-refractivity contribution in [3.05, 3.63) is 35.9 Å². The SMILES string of the molecule is O=C(O)[C@@H]1CC2(CC2)C[C@H]1c1ccccc1. The predicted octanol–water partition coefficient (Wildman–Crippen LogP) is 3.05. The van der Waals surface area contributed by atoms with Gasteiger partial charge in [0.05, 0.1) is 5.92 Å². The molecule has 0 aromatic heterocycles. The summed E-state index contributed by atoms with van der Waals surface area (Å²) in [6, 6.07) is 10.1. The first-order valence-electron chi connectivity index (χ1n) is 5.98. The summed E-state index contributed by atoms with van der Waals surface area (Å²) >= 11 is 0. The van der Waals surface area contributed by atoms with Crippen LogP contribution in [-0.4, -0.2) is 11.1 Å². The molecule has 2 aliphatic rings. The maximum Gasteiger partial charge on any atom is 0.307 e. The average Bonchev–Trinajstić information content (AvgIpc) is 2.91. The van der Waals surface area contributed by atoms with Crippen molar-refractivity contribution in [2.24, 2.45) is 11.3 Å². The van der Waals surface area contributed by atoms with Gasteiger partial charge in [0, 0.05) is 0 Å². The molecule has 16 heavy (non-hydrogen) atoms. The number of hydrogen-bond donors (Lipinski definition) is 1. The summed E-state index contributed by atoms with van der Waals surface area (Å²) in [4.78, 5) is 11.3. The smallest absolute Gasteiger partial charge is 0.307 e. The Bertz CT molecular complexity index is 406. The lowest BCUT2D eigenvalue weighted by Crippen LogP contribution is -2.16. The van der Waals surface area contributed by atoms with Crippen molar-refractivity contribution in [3.63, 3.8) is 0 Å². The van der Waals surface area contributed by atoms with Crippen molar-refractivity contribution in [1.82, 2.24) is 0 Å². The van der Waals surface area contributed by atoms with Crippen molar-refractivity contribution < 1.29 is 9.90 Å². The second-order valence-corrected chi connectivity index (χ2v) is 5.37. The van der Waals surface area contributed by atoms with Crippen LogP contribution in [0.2, 0.25) is 0 Å². The van der Waals surface area contributed by atoms with Crippen LogP contribution in [-0.2, 0) is 4.79 Å². The maximum absolute atomic E-state index is 11.3. The van der Waals surface area contributed by atoms with Crippen LogP contribution in [0.1, 0.15) is 37.2 Å². The molecule has 0 aliphatic heterocycles. The molecule has 0 amide bonds. The lowest BCUT2D eigenvalue weighted by atomic mass is 9.89. The monoisotopic (exact) mass is 216 g/mol. The van der Waals surface area contributed by atoms with Crippen LogP contribution in [0.25, 0.3) is 0 Å². The fourth-order valence-corrected chi connectivity index (χ4v) is 3.20. The molecule has 0 radical (unpaired) electrons. The molecule has 3 rings (SSSR count). The van der Waals surface area contributed by atoms with Crippen LogP contribution < -0.4 is 0 Å². The molecular formula is C14H16O2. The summed E-state index contributed by atoms with van der Waals surface area (Å²) in [6.45, 7) is 0. The number of benzene rings is 1. The minimum Gasteiger partial charge on any atom is -0.481 e. The zero-order valence-corrected chi connectivity index (χ0v) is 9.23. The van der Waals surface area contributed by atoms with Gasteiger partial charge in [-0.3, -0.25) is 4.79 Å². The Hall–Kier alpha value is -1.31. The van der Waals surface area contributed by atoms with Gasteiger partial charge in [-0.25, -0.2) is 0 Å². The summed E-state index contributed by atoms with van der Waals surface area (Å²) in [6.07, 6.45) is 4.44. The Morgan fingerprint density at radius 1 is 1.19 bits per heavy atom. The number of rotatable bonds is 2. The van der Waals surface area contributed by atoms with E-state index in [2.05, 4.69) is 12.1 Å². The van der Waals surface area contributed by atoms with Gasteiger partial charge in [-0.1, -0.05) is 30.3 Å². The van der Waals surface area contributed by atoms with Crippen LogP contribution in [0, 0.1) is 11.3 Å². The zero-order chi connectivity index (χ0) is 11.2. The van der Waals surface area contributed by atoms with Gasteiger partial charge in [0.1, 0.15) is 0 Å². The van der Waals surface area contributed by atoms with Gasteiger partial charge < -0.3 is 5.11 Å². The molecule has 2 fully saturated rings. The minimum absolute atomic E-state index is 0.162. The van der Waals surface area contributed by atoms with Crippen LogP contribution in [0.4, 0.5) is 0 Å². The molecule has 1 aromatic rings. The van der Waals surface area contributed by atoms with E-state index in [0.717, 1.165) is 12.8 Å². The first kappa shape index (κ1) is 9.88. The first-order chi connectivity index (χ1) is 7.70. The lowest BCUT2D eigenvalue weighted by Gasteiger charge is -2.15. The van der Waals surface area contributed by atoms with E-state index < -0.39 is 5.97 Å². The summed E-state index contributed by atoms with van der Waals surface area (Å²) in [5.41, 5.74) is 1.60. The van der Waals surface area contributed by atoms with Gasteiger partial charge in [0.25, 0.3) is 0 Å². The highest BCUT2D eigenvalue weighted by Crippen LogP contribution is 2.63. The molecule has 2 atom stereocenters. The topological polar surface area (TPSA) is 37.3 Å². The highest BCUT2D eigenvalue weighted by atomic mass is 16.4. The Labute approximate surface area is 95.3 Å². The molecule has 2 heteroatoms. The van der Waals surface area contributed by atoms with E-state index in [4.69, 9.17) is 0 Å². The van der Waals surface area contributed by atoms with E-state index in [1.165, 1.54) is 18.4 Å². The van der Waals surface area contributed by atoms with E-state index in [0.29, 0.717) is 5.41 Å². The molecule has 1 aromatic carbocycles. The molecular weight excluding hydrogens is 200 g/mol. The third-order valence-electron chi connectivity index (χ3n) is 4.29. The van der Waals surface area contributed by atoms with E-state index in [9.17, 15) is 9.90 Å². The molecule has 0 unspecified atom stereocenters. The Morgan fingerprint density at radius 2 is 1.88 bits per heavy atom. The largest absolute Gasteiger partial charge is 0.481 e. The number of carboxylic acids is 1. The number of carboxylic acid groups (broad SMARTS) is 1. The average molecular weight is 216 g/mol. The second kappa shape index (κ2) is 3.34. The van der Waals surface area contributed by atoms with Crippen molar-refractivity contribution in [2.45, 2.75) is 31.6 Å². The molecule has 1 spiro atoms. The van der Waals surface area contributed by atoms with E-state index in [-0.39, 0.29) is 11.8 Å². The van der Waals surface area contributed by atoms with Crippen molar-refractivity contribution in [2.75, 3.05) is 0 Å². The standard InChI is InChI=1S/C14H16O2/c15-13(16)12-9-14(6-7-14)8-11(12)10-4-2-1-3-5-10/h1-5,11-12H,6-9H2,(H,15,16)/t11-,12+/m0/s1. The van der Waals surface area contributed by atoms with E-state index in [1.807, 2.05) is 18.2 Å². The predicted molar refractivity (Wildman–Crippen MR) is 61.2 cm³/mol. The third kappa shape index (κ3) is 1.53. The molecule has 1 N–H and O–H groups in total. The Kier molecular flexibility index (Phi) is 2.06. The zero-order valence-electron chi connectivity index (χ0n) is 9.23. The molecule has 0 saturated heterocycles. The van der Waals surface area contributed by atoms with Crippen molar-refractivity contribution >= 4 is 5.97 Å². The van der Waals surface area contributed by atoms with E-state index >= 15 is 0 Å². The van der Waals surface area contributed by atoms with Crippen LogP contribution in [0.3, 0.4) is 0 Å². The van der Waals surface area contributed by atoms with Crippen molar-refractivity contribution in [3.8, 4) is 0 Å². The van der Waals surface area contributed by atoms with Crippen molar-refractivity contribution in [1.29, 1.82) is 0 Å². The lowest BCUT2D eigenvalue weighted by molar-refractivity contribution is -0.142. The highest BCUT2D eigenvalue weighted by Gasteiger charge is 2.54. The summed E-state index contributed by atoms with van der Waals surface area (Å²) in [5.74, 6) is -0.538. The van der Waals surface area contributed by atoms with Gasteiger partial charge in [-0.2, -0.15) is 0 Å². The summed E-state index contributed by atoms with van der Waals surface area (Å²) < 4.78 is 0. The van der Waals surface area contributed by atoms with Crippen LogP contribution in [0.5, 0.6) is 0 Å². The quantitative estimate of drug-likeness (QED) is 0.825. The Balaban J connectivity index is 1.90. The number of aliphatic carboxylic acids is 1. The molecule has 0 bridgehead atoms. The van der Waals surface area contributed by atoms with Gasteiger partial charge in [-0.05, 0) is 42.6 Å². The van der Waals surface area contributed by atoms with Gasteiger partial charge in [0.15, 0.2) is 0 Å². The third-order valence-corrected chi connectivity index (χ3v) is 4.29. The summed E-state index contributed by atoms with van der Waals surface area (Å²) in [7, 11) is 0. The fourth-order valence-electron chi connectivity index (χ4n) is 3.20. The first-order valence-corrected chi connectivity index (χ1v) is 5.98. The fraction of sp³-hybridized carbons (Fsp3) is 0.500. The summed E-state index contributed by atoms with van der Waals surface area (Å²) in [5, 5.41) is 9.30. The number of hydrogen-bond acceptors (Lipinski definition) is 1. The van der Waals surface area contributed by atoms with Gasteiger partial charge in [-0.15, -0.1) is 0 Å². The maximum atomic E-state index is 11.3. The second-order valence-electron chi connectivity index (χ2n) is 5.37. The Morgan fingerprint density at radius 3 is 2.44 bits per heavy atom. The van der Waals surface area contributed by atoms with Crippen LogP contribution >= 0.6 is 0 Å². The molecule has 2 saturated carbocycles. The highest BCUT2D eigenvalue weighted by molar-refractivity contribution is 5.72. The normalized spacial score (nSPS) is 30.5. The minimum atomic E-state index is -0.613. The van der Waals surface area contributed by atoms with Gasteiger partial charge in [0.2, 0.25) is 0 Å².